The van der Waals surface area contributed by atoms with E-state index in [-0.39, 0.29) is 0 Å². The predicted octanol–water partition coefficient (Wildman–Crippen LogP) is 3.91. The molecule has 0 amide bonds. The SMILES string of the molecule is CCNC(Cc1cccc(Br)c1)Cc1c(Cl)c(C)nn1C. The molecule has 0 aliphatic heterocycles. The minimum atomic E-state index is 0.344. The highest BCUT2D eigenvalue weighted by Gasteiger charge is 2.17. The highest BCUT2D eigenvalue weighted by molar-refractivity contribution is 9.10. The van der Waals surface area contributed by atoms with Crippen LogP contribution in [0.5, 0.6) is 0 Å². The lowest BCUT2D eigenvalue weighted by molar-refractivity contribution is 0.504. The maximum Gasteiger partial charge on any atom is 0.0847 e. The van der Waals surface area contributed by atoms with Gasteiger partial charge in [-0.1, -0.05) is 46.6 Å². The van der Waals surface area contributed by atoms with E-state index in [0.717, 1.165) is 40.3 Å². The van der Waals surface area contributed by atoms with Gasteiger partial charge in [0.2, 0.25) is 0 Å². The molecule has 0 spiro atoms. The topological polar surface area (TPSA) is 29.9 Å². The lowest BCUT2D eigenvalue weighted by Gasteiger charge is -2.18. The third kappa shape index (κ3) is 4.31. The molecular weight excluding hydrogens is 350 g/mol. The fourth-order valence-corrected chi connectivity index (χ4v) is 3.27. The quantitative estimate of drug-likeness (QED) is 0.835. The number of halogens is 2. The summed E-state index contributed by atoms with van der Waals surface area (Å²) in [7, 11) is 1.95. The largest absolute Gasteiger partial charge is 0.314 e. The van der Waals surface area contributed by atoms with Gasteiger partial charge in [-0.3, -0.25) is 4.68 Å². The first-order valence-electron chi connectivity index (χ1n) is 7.17. The fourth-order valence-electron chi connectivity index (χ4n) is 2.59. The number of benzene rings is 1. The minimum Gasteiger partial charge on any atom is -0.314 e. The molecule has 0 aliphatic carbocycles. The Morgan fingerprint density at radius 1 is 1.38 bits per heavy atom. The summed E-state index contributed by atoms with van der Waals surface area (Å²) in [5.74, 6) is 0. The smallest absolute Gasteiger partial charge is 0.0847 e. The van der Waals surface area contributed by atoms with E-state index < -0.39 is 0 Å². The van der Waals surface area contributed by atoms with Gasteiger partial charge in [0.15, 0.2) is 0 Å². The molecule has 1 heterocycles. The fraction of sp³-hybridized carbons (Fsp3) is 0.438. The Labute approximate surface area is 139 Å². The maximum absolute atomic E-state index is 6.37. The van der Waals surface area contributed by atoms with Crippen molar-refractivity contribution in [3.8, 4) is 0 Å². The zero-order chi connectivity index (χ0) is 15.4. The summed E-state index contributed by atoms with van der Waals surface area (Å²) in [5, 5.41) is 8.73. The normalized spacial score (nSPS) is 12.6. The Kier molecular flexibility index (Phi) is 5.85. The van der Waals surface area contributed by atoms with Crippen LogP contribution in [0, 0.1) is 6.92 Å². The average Bonchev–Trinajstić information content (AvgIpc) is 2.66. The second-order valence-corrected chi connectivity index (χ2v) is 6.56. The molecule has 5 heteroatoms. The molecular formula is C16H21BrClN3. The van der Waals surface area contributed by atoms with Crippen LogP contribution in [0.1, 0.15) is 23.9 Å². The van der Waals surface area contributed by atoms with Gasteiger partial charge in [0.1, 0.15) is 0 Å². The maximum atomic E-state index is 6.37. The van der Waals surface area contributed by atoms with E-state index in [4.69, 9.17) is 11.6 Å². The van der Waals surface area contributed by atoms with Gasteiger partial charge in [0.05, 0.1) is 16.4 Å². The average molecular weight is 371 g/mol. The predicted molar refractivity (Wildman–Crippen MR) is 92.0 cm³/mol. The first-order valence-corrected chi connectivity index (χ1v) is 8.34. The molecule has 2 rings (SSSR count). The summed E-state index contributed by atoms with van der Waals surface area (Å²) in [6, 6.07) is 8.79. The molecule has 0 saturated carbocycles. The van der Waals surface area contributed by atoms with Crippen LogP contribution in [-0.2, 0) is 19.9 Å². The van der Waals surface area contributed by atoms with Gasteiger partial charge < -0.3 is 5.32 Å². The number of rotatable bonds is 6. The van der Waals surface area contributed by atoms with Crippen molar-refractivity contribution < 1.29 is 0 Å². The Hall–Kier alpha value is -0.840. The van der Waals surface area contributed by atoms with Crippen molar-refractivity contribution in [2.24, 2.45) is 7.05 Å². The van der Waals surface area contributed by atoms with Crippen molar-refractivity contribution in [1.82, 2.24) is 15.1 Å². The summed E-state index contributed by atoms with van der Waals surface area (Å²) in [6.07, 6.45) is 1.84. The molecule has 0 saturated heterocycles. The summed E-state index contributed by atoms with van der Waals surface area (Å²) in [4.78, 5) is 0. The van der Waals surface area contributed by atoms with Crippen molar-refractivity contribution in [3.05, 3.63) is 50.7 Å². The molecule has 2 aromatic rings. The molecule has 0 bridgehead atoms. The second kappa shape index (κ2) is 7.43. The highest BCUT2D eigenvalue weighted by Crippen LogP contribution is 2.22. The van der Waals surface area contributed by atoms with Crippen LogP contribution < -0.4 is 5.32 Å². The molecule has 3 nitrogen and oxygen atoms in total. The highest BCUT2D eigenvalue weighted by atomic mass is 79.9. The first kappa shape index (κ1) is 16.5. The van der Waals surface area contributed by atoms with Crippen molar-refractivity contribution >= 4 is 27.5 Å². The molecule has 21 heavy (non-hydrogen) atoms. The summed E-state index contributed by atoms with van der Waals surface area (Å²) in [5.41, 5.74) is 3.30. The molecule has 0 fully saturated rings. The van der Waals surface area contributed by atoms with Crippen LogP contribution >= 0.6 is 27.5 Å². The third-order valence-corrected chi connectivity index (χ3v) is 4.55. The van der Waals surface area contributed by atoms with Gasteiger partial charge in [0, 0.05) is 24.0 Å². The molecule has 0 aliphatic rings. The monoisotopic (exact) mass is 369 g/mol. The van der Waals surface area contributed by atoms with E-state index in [1.165, 1.54) is 5.56 Å². The van der Waals surface area contributed by atoms with Crippen LogP contribution in [0.15, 0.2) is 28.7 Å². The van der Waals surface area contributed by atoms with Gasteiger partial charge in [-0.25, -0.2) is 0 Å². The first-order chi connectivity index (χ1) is 10.0. The Bertz CT molecular complexity index is 610. The summed E-state index contributed by atoms with van der Waals surface area (Å²) in [6.45, 7) is 5.01. The number of aromatic nitrogens is 2. The van der Waals surface area contributed by atoms with Gasteiger partial charge in [-0.15, -0.1) is 0 Å². The van der Waals surface area contributed by atoms with Gasteiger partial charge in [-0.05, 0) is 37.6 Å². The molecule has 114 valence electrons. The Balaban J connectivity index is 2.15. The Morgan fingerprint density at radius 3 is 2.71 bits per heavy atom. The molecule has 1 aromatic heterocycles. The molecule has 1 aromatic carbocycles. The number of nitrogens with one attached hydrogen (secondary N) is 1. The van der Waals surface area contributed by atoms with Gasteiger partial charge in [0.25, 0.3) is 0 Å². The van der Waals surface area contributed by atoms with Crippen molar-refractivity contribution in [2.45, 2.75) is 32.7 Å². The van der Waals surface area contributed by atoms with E-state index in [0.29, 0.717) is 6.04 Å². The number of likely N-dealkylation sites (N-methyl/N-ethyl adjacent to an activating group) is 1. The van der Waals surface area contributed by atoms with Crippen LogP contribution in [-0.4, -0.2) is 22.4 Å². The van der Waals surface area contributed by atoms with Gasteiger partial charge >= 0.3 is 0 Å². The van der Waals surface area contributed by atoms with E-state index in [1.54, 1.807) is 0 Å². The standard InChI is InChI=1S/C16H21BrClN3/c1-4-19-14(9-12-6-5-7-13(17)8-12)10-15-16(18)11(2)20-21(15)3/h5-8,14,19H,4,9-10H2,1-3H3. The van der Waals surface area contributed by atoms with E-state index in [2.05, 4.69) is 51.5 Å². The van der Waals surface area contributed by atoms with Gasteiger partial charge in [-0.2, -0.15) is 5.10 Å². The lowest BCUT2D eigenvalue weighted by Crippen LogP contribution is -2.33. The summed E-state index contributed by atoms with van der Waals surface area (Å²) >= 11 is 9.90. The lowest BCUT2D eigenvalue weighted by atomic mass is 10.0. The number of hydrogen-bond acceptors (Lipinski definition) is 2. The molecule has 1 unspecified atom stereocenters. The second-order valence-electron chi connectivity index (χ2n) is 5.26. The molecule has 1 atom stereocenters. The molecule has 1 N–H and O–H groups in total. The Morgan fingerprint density at radius 2 is 2.14 bits per heavy atom. The van der Waals surface area contributed by atoms with E-state index >= 15 is 0 Å². The number of nitrogens with zero attached hydrogens (tertiary/aromatic N) is 2. The van der Waals surface area contributed by atoms with E-state index in [1.807, 2.05) is 24.7 Å². The van der Waals surface area contributed by atoms with Crippen LogP contribution in [0.25, 0.3) is 0 Å². The zero-order valence-electron chi connectivity index (χ0n) is 12.7. The van der Waals surface area contributed by atoms with Crippen molar-refractivity contribution in [3.63, 3.8) is 0 Å². The van der Waals surface area contributed by atoms with Crippen LogP contribution in [0.3, 0.4) is 0 Å². The summed E-state index contributed by atoms with van der Waals surface area (Å²) < 4.78 is 3.01. The van der Waals surface area contributed by atoms with Crippen LogP contribution in [0.4, 0.5) is 0 Å². The zero-order valence-corrected chi connectivity index (χ0v) is 15.0. The van der Waals surface area contributed by atoms with Crippen molar-refractivity contribution in [2.75, 3.05) is 6.54 Å². The van der Waals surface area contributed by atoms with E-state index in [9.17, 15) is 0 Å². The number of aryl methyl sites for hydroxylation is 2. The minimum absolute atomic E-state index is 0.344. The number of hydrogen-bond donors (Lipinski definition) is 1. The van der Waals surface area contributed by atoms with Crippen LogP contribution in [0.2, 0.25) is 5.02 Å². The van der Waals surface area contributed by atoms with Crippen molar-refractivity contribution in [1.29, 1.82) is 0 Å². The third-order valence-electron chi connectivity index (χ3n) is 3.57. The molecule has 0 radical (unpaired) electrons.